The Morgan fingerprint density at radius 2 is 2.10 bits per heavy atom. The van der Waals surface area contributed by atoms with Gasteiger partial charge in [-0.05, 0) is 18.8 Å². The highest BCUT2D eigenvalue weighted by Crippen LogP contribution is 2.17. The normalized spacial score (nSPS) is 24.0. The minimum atomic E-state index is 0. The number of rotatable bonds is 5. The van der Waals surface area contributed by atoms with Crippen molar-refractivity contribution >= 4 is 30.1 Å². The number of hydrogen-bond acceptors (Lipinski definition) is 4. The first-order chi connectivity index (χ1) is 9.65. The zero-order valence-corrected chi connectivity index (χ0v) is 14.8. The molecule has 0 bridgehead atoms. The zero-order valence-electron chi connectivity index (χ0n) is 13.2. The molecule has 1 atom stereocenters. The van der Waals surface area contributed by atoms with Crippen molar-refractivity contribution in [2.24, 2.45) is 5.92 Å². The van der Waals surface area contributed by atoms with E-state index < -0.39 is 0 Å². The third kappa shape index (κ3) is 6.76. The lowest BCUT2D eigenvalue weighted by Crippen LogP contribution is -2.45. The second kappa shape index (κ2) is 9.93. The number of carbonyl (C=O) groups excluding carboxylic acids is 1. The smallest absolute Gasteiger partial charge is 0.224 e. The van der Waals surface area contributed by atoms with Crippen LogP contribution in [0.1, 0.15) is 33.1 Å². The number of thioether (sulfide) groups is 1. The Morgan fingerprint density at radius 1 is 1.38 bits per heavy atom. The molecule has 6 heteroatoms. The van der Waals surface area contributed by atoms with E-state index in [4.69, 9.17) is 4.74 Å². The second-order valence-electron chi connectivity index (χ2n) is 6.24. The Hall–Kier alpha value is 0.0300. The Kier molecular flexibility index (Phi) is 9.02. The number of carbonyl (C=O) groups is 1. The van der Waals surface area contributed by atoms with Crippen LogP contribution in [0.5, 0.6) is 0 Å². The van der Waals surface area contributed by atoms with Crippen molar-refractivity contribution in [3.63, 3.8) is 0 Å². The summed E-state index contributed by atoms with van der Waals surface area (Å²) in [6, 6.07) is 0.371. The van der Waals surface area contributed by atoms with E-state index in [-0.39, 0.29) is 12.4 Å². The molecular weight excluding hydrogens is 308 g/mol. The summed E-state index contributed by atoms with van der Waals surface area (Å²) in [7, 11) is 0. The number of amides is 1. The first kappa shape index (κ1) is 19.1. The van der Waals surface area contributed by atoms with Crippen molar-refractivity contribution < 1.29 is 9.53 Å². The fraction of sp³-hybridized carbons (Fsp3) is 0.933. The van der Waals surface area contributed by atoms with Gasteiger partial charge in [0, 0.05) is 50.2 Å². The molecule has 1 N–H and O–H groups in total. The van der Waals surface area contributed by atoms with Crippen LogP contribution in [0.15, 0.2) is 0 Å². The lowest BCUT2D eigenvalue weighted by atomic mass is 10.1. The lowest BCUT2D eigenvalue weighted by Gasteiger charge is -2.33. The van der Waals surface area contributed by atoms with Gasteiger partial charge >= 0.3 is 0 Å². The summed E-state index contributed by atoms with van der Waals surface area (Å²) in [5, 5.41) is 3.44. The molecule has 1 unspecified atom stereocenters. The van der Waals surface area contributed by atoms with Crippen LogP contribution in [-0.4, -0.2) is 60.7 Å². The van der Waals surface area contributed by atoms with E-state index in [9.17, 15) is 4.79 Å². The van der Waals surface area contributed by atoms with Crippen molar-refractivity contribution in [2.45, 2.75) is 45.3 Å². The summed E-state index contributed by atoms with van der Waals surface area (Å²) in [5.41, 5.74) is 0. The van der Waals surface area contributed by atoms with Crippen LogP contribution in [0.2, 0.25) is 0 Å². The number of likely N-dealkylation sites (tertiary alicyclic amines) is 1. The predicted molar refractivity (Wildman–Crippen MR) is 91.4 cm³/mol. The predicted octanol–water partition coefficient (Wildman–Crippen LogP) is 2.17. The molecule has 2 rings (SSSR count). The van der Waals surface area contributed by atoms with Crippen molar-refractivity contribution in [1.29, 1.82) is 0 Å². The van der Waals surface area contributed by atoms with Gasteiger partial charge in [-0.3, -0.25) is 4.79 Å². The molecular formula is C15H29ClN2O2S. The molecule has 4 nitrogen and oxygen atoms in total. The molecule has 0 aliphatic carbocycles. The summed E-state index contributed by atoms with van der Waals surface area (Å²) in [6.07, 6.45) is 2.99. The van der Waals surface area contributed by atoms with Gasteiger partial charge in [-0.15, -0.1) is 12.4 Å². The van der Waals surface area contributed by atoms with E-state index in [0.29, 0.717) is 30.4 Å². The van der Waals surface area contributed by atoms with E-state index in [1.165, 1.54) is 5.75 Å². The van der Waals surface area contributed by atoms with Gasteiger partial charge in [0.25, 0.3) is 0 Å². The molecule has 0 spiro atoms. The monoisotopic (exact) mass is 336 g/mol. The third-order valence-corrected chi connectivity index (χ3v) is 5.01. The van der Waals surface area contributed by atoms with Gasteiger partial charge in [0.15, 0.2) is 0 Å². The van der Waals surface area contributed by atoms with Crippen molar-refractivity contribution in [3.8, 4) is 0 Å². The van der Waals surface area contributed by atoms with Gasteiger partial charge in [0.05, 0.1) is 6.10 Å². The summed E-state index contributed by atoms with van der Waals surface area (Å²) in [5.74, 6) is 3.14. The molecule has 2 saturated heterocycles. The van der Waals surface area contributed by atoms with Crippen LogP contribution in [0, 0.1) is 5.92 Å². The van der Waals surface area contributed by atoms with Crippen molar-refractivity contribution in [1.82, 2.24) is 10.2 Å². The first-order valence-corrected chi connectivity index (χ1v) is 9.01. The van der Waals surface area contributed by atoms with Gasteiger partial charge in [-0.2, -0.15) is 11.8 Å². The van der Waals surface area contributed by atoms with E-state index in [2.05, 4.69) is 19.2 Å². The lowest BCUT2D eigenvalue weighted by molar-refractivity contribution is -0.134. The number of nitrogens with zero attached hydrogens (tertiary/aromatic N) is 1. The summed E-state index contributed by atoms with van der Waals surface area (Å²) in [6.45, 7) is 7.94. The Balaban J connectivity index is 0.00000220. The number of nitrogens with one attached hydrogen (secondary N) is 1. The molecule has 2 aliphatic rings. The second-order valence-corrected chi connectivity index (χ2v) is 7.39. The highest BCUT2D eigenvalue weighted by atomic mass is 35.5. The topological polar surface area (TPSA) is 41.6 Å². The number of piperidine rings is 1. The minimum Gasteiger partial charge on any atom is -0.378 e. The summed E-state index contributed by atoms with van der Waals surface area (Å²) in [4.78, 5) is 14.3. The molecule has 124 valence electrons. The summed E-state index contributed by atoms with van der Waals surface area (Å²) >= 11 is 1.95. The highest BCUT2D eigenvalue weighted by molar-refractivity contribution is 7.99. The molecule has 21 heavy (non-hydrogen) atoms. The van der Waals surface area contributed by atoms with Gasteiger partial charge < -0.3 is 15.0 Å². The van der Waals surface area contributed by atoms with Crippen LogP contribution in [0.25, 0.3) is 0 Å². The van der Waals surface area contributed by atoms with E-state index >= 15 is 0 Å². The highest BCUT2D eigenvalue weighted by Gasteiger charge is 2.25. The van der Waals surface area contributed by atoms with Gasteiger partial charge in [-0.1, -0.05) is 13.8 Å². The van der Waals surface area contributed by atoms with Crippen LogP contribution < -0.4 is 5.32 Å². The maximum Gasteiger partial charge on any atom is 0.224 e. The van der Waals surface area contributed by atoms with Crippen molar-refractivity contribution in [3.05, 3.63) is 0 Å². The minimum absolute atomic E-state index is 0. The Bertz CT molecular complexity index is 304. The van der Waals surface area contributed by atoms with E-state index in [0.717, 1.165) is 44.8 Å². The molecule has 0 aromatic heterocycles. The molecule has 2 heterocycles. The van der Waals surface area contributed by atoms with Crippen LogP contribution in [-0.2, 0) is 9.53 Å². The maximum atomic E-state index is 12.3. The SMILES string of the molecule is CC(C)COC1CCN(C(=O)CC2CSCCN2)CC1.Cl. The molecule has 0 saturated carbocycles. The molecule has 0 aromatic carbocycles. The summed E-state index contributed by atoms with van der Waals surface area (Å²) < 4.78 is 5.87. The quantitative estimate of drug-likeness (QED) is 0.835. The molecule has 2 fully saturated rings. The van der Waals surface area contributed by atoms with Crippen LogP contribution in [0.3, 0.4) is 0 Å². The Morgan fingerprint density at radius 3 is 2.67 bits per heavy atom. The number of halogens is 1. The van der Waals surface area contributed by atoms with Crippen LogP contribution in [0.4, 0.5) is 0 Å². The van der Waals surface area contributed by atoms with Crippen LogP contribution >= 0.6 is 24.2 Å². The Labute approximate surface area is 139 Å². The molecule has 2 aliphatic heterocycles. The first-order valence-electron chi connectivity index (χ1n) is 7.85. The maximum absolute atomic E-state index is 12.3. The standard InChI is InChI=1S/C15H28N2O2S.ClH/c1-12(2)10-19-14-3-6-17(7-4-14)15(18)9-13-11-20-8-5-16-13;/h12-14,16H,3-11H2,1-2H3;1H. The van der Waals surface area contributed by atoms with Crippen molar-refractivity contribution in [2.75, 3.05) is 37.7 Å². The fourth-order valence-corrected chi connectivity index (χ4v) is 3.64. The average molecular weight is 337 g/mol. The third-order valence-electron chi connectivity index (χ3n) is 3.88. The largest absolute Gasteiger partial charge is 0.378 e. The fourth-order valence-electron chi connectivity index (χ4n) is 2.69. The molecule has 1 amide bonds. The van der Waals surface area contributed by atoms with Gasteiger partial charge in [0.2, 0.25) is 5.91 Å². The molecule has 0 aromatic rings. The average Bonchev–Trinajstić information content (AvgIpc) is 2.46. The zero-order chi connectivity index (χ0) is 14.4. The van der Waals surface area contributed by atoms with Gasteiger partial charge in [-0.25, -0.2) is 0 Å². The van der Waals surface area contributed by atoms with E-state index in [1.807, 2.05) is 16.7 Å². The number of hydrogen-bond donors (Lipinski definition) is 1. The van der Waals surface area contributed by atoms with E-state index in [1.54, 1.807) is 0 Å². The number of ether oxygens (including phenoxy) is 1. The van der Waals surface area contributed by atoms with Gasteiger partial charge in [0.1, 0.15) is 0 Å². The molecule has 0 radical (unpaired) electrons.